The second kappa shape index (κ2) is 9.41. The van der Waals surface area contributed by atoms with E-state index in [0.29, 0.717) is 46.9 Å². The van der Waals surface area contributed by atoms with Crippen LogP contribution in [0.5, 0.6) is 11.5 Å². The SMILES string of the molecule is COCCn1c([C@H](C)NC(=O)c2cc(OC)cc(OC)c2)nc2ccccc2c1=O. The highest BCUT2D eigenvalue weighted by Crippen LogP contribution is 2.23. The normalized spacial score (nSPS) is 11.9. The van der Waals surface area contributed by atoms with Crippen LogP contribution in [0, 0.1) is 0 Å². The number of amides is 1. The number of benzene rings is 2. The number of nitrogens with zero attached hydrogens (tertiary/aromatic N) is 2. The molecule has 30 heavy (non-hydrogen) atoms. The molecular weight excluding hydrogens is 386 g/mol. The predicted octanol–water partition coefficient (Wildman–Crippen LogP) is 2.55. The van der Waals surface area contributed by atoms with Crippen LogP contribution < -0.4 is 20.3 Å². The summed E-state index contributed by atoms with van der Waals surface area (Å²) < 4.78 is 17.2. The summed E-state index contributed by atoms with van der Waals surface area (Å²) in [6.07, 6.45) is 0. The largest absolute Gasteiger partial charge is 0.497 e. The molecule has 3 aromatic rings. The van der Waals surface area contributed by atoms with Gasteiger partial charge in [0.2, 0.25) is 0 Å². The van der Waals surface area contributed by atoms with E-state index in [1.54, 1.807) is 55.0 Å². The number of hydrogen-bond acceptors (Lipinski definition) is 6. The Morgan fingerprint density at radius 2 is 1.77 bits per heavy atom. The van der Waals surface area contributed by atoms with E-state index < -0.39 is 6.04 Å². The number of para-hydroxylation sites is 1. The van der Waals surface area contributed by atoms with Crippen molar-refractivity contribution in [2.45, 2.75) is 19.5 Å². The van der Waals surface area contributed by atoms with Crippen molar-refractivity contribution in [2.75, 3.05) is 27.9 Å². The van der Waals surface area contributed by atoms with Crippen molar-refractivity contribution >= 4 is 16.8 Å². The number of carbonyl (C=O) groups is 1. The van der Waals surface area contributed by atoms with E-state index in [1.165, 1.54) is 14.2 Å². The summed E-state index contributed by atoms with van der Waals surface area (Å²) in [5.41, 5.74) is 0.789. The number of methoxy groups -OCH3 is 3. The van der Waals surface area contributed by atoms with Crippen molar-refractivity contribution in [1.29, 1.82) is 0 Å². The molecule has 2 aromatic carbocycles. The molecular formula is C22H25N3O5. The molecule has 0 spiro atoms. The first-order valence-electron chi connectivity index (χ1n) is 9.50. The van der Waals surface area contributed by atoms with Crippen molar-refractivity contribution in [3.63, 3.8) is 0 Å². The Kier molecular flexibility index (Phi) is 6.68. The number of hydrogen-bond donors (Lipinski definition) is 1. The van der Waals surface area contributed by atoms with E-state index >= 15 is 0 Å². The number of rotatable bonds is 8. The van der Waals surface area contributed by atoms with Crippen LogP contribution in [-0.2, 0) is 11.3 Å². The summed E-state index contributed by atoms with van der Waals surface area (Å²) >= 11 is 0. The fraction of sp³-hybridized carbons (Fsp3) is 0.318. The van der Waals surface area contributed by atoms with Crippen molar-refractivity contribution in [2.24, 2.45) is 0 Å². The average molecular weight is 411 g/mol. The van der Waals surface area contributed by atoms with Crippen LogP contribution in [0.4, 0.5) is 0 Å². The van der Waals surface area contributed by atoms with Crippen molar-refractivity contribution in [3.8, 4) is 11.5 Å². The van der Waals surface area contributed by atoms with Gasteiger partial charge in [-0.1, -0.05) is 12.1 Å². The molecule has 1 aromatic heterocycles. The zero-order valence-corrected chi connectivity index (χ0v) is 17.5. The molecule has 3 rings (SSSR count). The zero-order valence-electron chi connectivity index (χ0n) is 17.5. The highest BCUT2D eigenvalue weighted by Gasteiger charge is 2.20. The molecule has 0 aliphatic heterocycles. The quantitative estimate of drug-likeness (QED) is 0.613. The van der Waals surface area contributed by atoms with Gasteiger partial charge in [0.05, 0.1) is 44.3 Å². The molecule has 0 saturated heterocycles. The van der Waals surface area contributed by atoms with Crippen molar-refractivity contribution in [3.05, 3.63) is 64.2 Å². The molecule has 1 heterocycles. The Labute approximate surface area is 174 Å². The number of nitrogens with one attached hydrogen (secondary N) is 1. The minimum absolute atomic E-state index is 0.170. The van der Waals surface area contributed by atoms with E-state index in [0.717, 1.165) is 0 Å². The molecule has 1 N–H and O–H groups in total. The first-order chi connectivity index (χ1) is 14.5. The van der Waals surface area contributed by atoms with Crippen LogP contribution in [0.15, 0.2) is 47.3 Å². The van der Waals surface area contributed by atoms with Crippen molar-refractivity contribution in [1.82, 2.24) is 14.9 Å². The molecule has 1 atom stereocenters. The summed E-state index contributed by atoms with van der Waals surface area (Å²) in [4.78, 5) is 30.5. The van der Waals surface area contributed by atoms with Crippen molar-refractivity contribution < 1.29 is 19.0 Å². The van der Waals surface area contributed by atoms with Gasteiger partial charge >= 0.3 is 0 Å². The Balaban J connectivity index is 1.97. The molecule has 8 nitrogen and oxygen atoms in total. The molecule has 0 unspecified atom stereocenters. The van der Waals surface area contributed by atoms with Gasteiger partial charge in [0.25, 0.3) is 11.5 Å². The van der Waals surface area contributed by atoms with Gasteiger partial charge < -0.3 is 19.5 Å². The predicted molar refractivity (Wildman–Crippen MR) is 113 cm³/mol. The van der Waals surface area contributed by atoms with Crippen LogP contribution in [0.3, 0.4) is 0 Å². The first kappa shape index (κ1) is 21.3. The second-order valence-electron chi connectivity index (χ2n) is 6.73. The minimum Gasteiger partial charge on any atom is -0.497 e. The third kappa shape index (κ3) is 4.44. The molecule has 0 fully saturated rings. The van der Waals surface area contributed by atoms with Gasteiger partial charge in [-0.3, -0.25) is 14.2 Å². The number of aromatic nitrogens is 2. The molecule has 1 amide bonds. The number of carbonyl (C=O) groups excluding carboxylic acids is 1. The highest BCUT2D eigenvalue weighted by molar-refractivity contribution is 5.95. The molecule has 158 valence electrons. The van der Waals surface area contributed by atoms with Crippen LogP contribution >= 0.6 is 0 Å². The molecule has 0 bridgehead atoms. The van der Waals surface area contributed by atoms with Gasteiger partial charge in [0.15, 0.2) is 0 Å². The molecule has 0 aliphatic rings. The van der Waals surface area contributed by atoms with Crippen LogP contribution in [0.2, 0.25) is 0 Å². The molecule has 0 radical (unpaired) electrons. The van der Waals surface area contributed by atoms with Gasteiger partial charge in [0, 0.05) is 18.7 Å². The van der Waals surface area contributed by atoms with E-state index in [9.17, 15) is 9.59 Å². The maximum atomic E-state index is 13.0. The molecule has 0 aliphatic carbocycles. The first-order valence-corrected chi connectivity index (χ1v) is 9.50. The van der Waals surface area contributed by atoms with E-state index in [2.05, 4.69) is 10.3 Å². The lowest BCUT2D eigenvalue weighted by Gasteiger charge is -2.20. The standard InChI is InChI=1S/C22H25N3O5/c1-14(23-21(26)15-11-16(29-3)13-17(12-15)30-4)20-24-19-8-6-5-7-18(19)22(27)25(20)9-10-28-2/h5-8,11-14H,9-10H2,1-4H3,(H,23,26)/t14-/m0/s1. The lowest BCUT2D eigenvalue weighted by molar-refractivity contribution is 0.0936. The molecule has 0 saturated carbocycles. The van der Waals surface area contributed by atoms with Crippen LogP contribution in [0.1, 0.15) is 29.1 Å². The highest BCUT2D eigenvalue weighted by atomic mass is 16.5. The van der Waals surface area contributed by atoms with E-state index in [1.807, 2.05) is 6.07 Å². The lowest BCUT2D eigenvalue weighted by Crippen LogP contribution is -2.34. The average Bonchev–Trinajstić information content (AvgIpc) is 2.77. The second-order valence-corrected chi connectivity index (χ2v) is 6.73. The lowest BCUT2D eigenvalue weighted by atomic mass is 10.1. The number of ether oxygens (including phenoxy) is 3. The summed E-state index contributed by atoms with van der Waals surface area (Å²) in [5.74, 6) is 1.14. The van der Waals surface area contributed by atoms with Crippen LogP contribution in [0.25, 0.3) is 10.9 Å². The Morgan fingerprint density at radius 3 is 2.40 bits per heavy atom. The van der Waals surface area contributed by atoms with E-state index in [4.69, 9.17) is 14.2 Å². The Morgan fingerprint density at radius 1 is 1.10 bits per heavy atom. The maximum Gasteiger partial charge on any atom is 0.261 e. The summed E-state index contributed by atoms with van der Waals surface area (Å²) in [6.45, 7) is 2.46. The van der Waals surface area contributed by atoms with E-state index in [-0.39, 0.29) is 11.5 Å². The number of fused-ring (bicyclic) bond motifs is 1. The third-order valence-corrected chi connectivity index (χ3v) is 4.76. The van der Waals surface area contributed by atoms with Gasteiger partial charge in [0.1, 0.15) is 17.3 Å². The summed E-state index contributed by atoms with van der Waals surface area (Å²) in [5, 5.41) is 3.43. The van der Waals surface area contributed by atoms with Crippen LogP contribution in [-0.4, -0.2) is 43.4 Å². The molecule has 8 heteroatoms. The smallest absolute Gasteiger partial charge is 0.261 e. The van der Waals surface area contributed by atoms with Gasteiger partial charge in [-0.2, -0.15) is 0 Å². The van der Waals surface area contributed by atoms with Gasteiger partial charge in [-0.25, -0.2) is 4.98 Å². The fourth-order valence-corrected chi connectivity index (χ4v) is 3.20. The maximum absolute atomic E-state index is 13.0. The zero-order chi connectivity index (χ0) is 21.7. The summed E-state index contributed by atoms with van der Waals surface area (Å²) in [6, 6.07) is 11.5. The van der Waals surface area contributed by atoms with Gasteiger partial charge in [-0.05, 0) is 31.2 Å². The summed E-state index contributed by atoms with van der Waals surface area (Å²) in [7, 11) is 4.61. The monoisotopic (exact) mass is 411 g/mol. The Bertz CT molecular complexity index is 1090. The topological polar surface area (TPSA) is 91.7 Å². The van der Waals surface area contributed by atoms with Gasteiger partial charge in [-0.15, -0.1) is 0 Å². The fourth-order valence-electron chi connectivity index (χ4n) is 3.20. The minimum atomic E-state index is -0.524. The Hall–Kier alpha value is -3.39. The third-order valence-electron chi connectivity index (χ3n) is 4.76.